The monoisotopic (exact) mass is 447 g/mol. The van der Waals surface area contributed by atoms with Gasteiger partial charge in [-0.1, -0.05) is 13.0 Å². The van der Waals surface area contributed by atoms with Gasteiger partial charge in [-0.05, 0) is 36.5 Å². The van der Waals surface area contributed by atoms with Gasteiger partial charge in [0.05, 0.1) is 11.0 Å². The molecular weight excluding hydrogens is 418 g/mol. The molecular formula is C24H29N7O2. The number of nitrogens with zero attached hydrogens (tertiary/aromatic N) is 6. The third-order valence-electron chi connectivity index (χ3n) is 7.22. The van der Waals surface area contributed by atoms with Gasteiger partial charge in [0.2, 0.25) is 0 Å². The highest BCUT2D eigenvalue weighted by atomic mass is 16.5. The molecule has 9 heteroatoms. The lowest BCUT2D eigenvalue weighted by Crippen LogP contribution is -2.50. The maximum Gasteiger partial charge on any atom is 0.329 e. The molecule has 2 unspecified atom stereocenters. The minimum atomic E-state index is -0.0698. The van der Waals surface area contributed by atoms with Gasteiger partial charge in [0.15, 0.2) is 5.82 Å². The van der Waals surface area contributed by atoms with Crippen LogP contribution in [0.25, 0.3) is 11.0 Å². The van der Waals surface area contributed by atoms with E-state index in [-0.39, 0.29) is 11.9 Å². The predicted molar refractivity (Wildman–Crippen MR) is 124 cm³/mol. The molecule has 0 aliphatic carbocycles. The summed E-state index contributed by atoms with van der Waals surface area (Å²) in [6, 6.07) is 6.62. The summed E-state index contributed by atoms with van der Waals surface area (Å²) in [6.07, 6.45) is 7.49. The van der Waals surface area contributed by atoms with Crippen molar-refractivity contribution in [2.75, 3.05) is 33.0 Å². The molecule has 33 heavy (non-hydrogen) atoms. The molecule has 1 aromatic heterocycles. The molecule has 1 aromatic carbocycles. The quantitative estimate of drug-likeness (QED) is 0.775. The Balaban J connectivity index is 1.17. The molecule has 2 saturated heterocycles. The van der Waals surface area contributed by atoms with Gasteiger partial charge < -0.3 is 9.64 Å². The molecule has 6 rings (SSSR count). The molecule has 0 bridgehead atoms. The van der Waals surface area contributed by atoms with Crippen molar-refractivity contribution < 1.29 is 9.53 Å². The van der Waals surface area contributed by atoms with Crippen molar-refractivity contribution in [2.45, 2.75) is 32.4 Å². The van der Waals surface area contributed by atoms with E-state index >= 15 is 0 Å². The number of amidine groups is 1. The highest BCUT2D eigenvalue weighted by Crippen LogP contribution is 2.30. The third kappa shape index (κ3) is 3.95. The van der Waals surface area contributed by atoms with Gasteiger partial charge >= 0.3 is 6.03 Å². The lowest BCUT2D eigenvalue weighted by Gasteiger charge is -2.32. The Bertz CT molecular complexity index is 1130. The number of hydrogen-bond donors (Lipinski definition) is 1. The Morgan fingerprint density at radius 1 is 1.12 bits per heavy atom. The summed E-state index contributed by atoms with van der Waals surface area (Å²) in [5, 5.41) is 3.09. The molecule has 2 fully saturated rings. The van der Waals surface area contributed by atoms with Crippen LogP contribution in [0.5, 0.6) is 0 Å². The predicted octanol–water partition coefficient (Wildman–Crippen LogP) is 2.37. The molecule has 9 nitrogen and oxygen atoms in total. The number of ether oxygens (including phenoxy) is 1. The van der Waals surface area contributed by atoms with Crippen molar-refractivity contribution in [1.29, 1.82) is 0 Å². The fraction of sp³-hybridized carbons (Fsp3) is 0.500. The maximum atomic E-state index is 12.9. The van der Waals surface area contributed by atoms with Crippen molar-refractivity contribution in [3.05, 3.63) is 48.2 Å². The second-order valence-electron chi connectivity index (χ2n) is 9.50. The fourth-order valence-corrected chi connectivity index (χ4v) is 5.41. The van der Waals surface area contributed by atoms with Crippen LogP contribution >= 0.6 is 0 Å². The summed E-state index contributed by atoms with van der Waals surface area (Å²) in [5.74, 6) is 2.17. The minimum Gasteiger partial charge on any atom is -0.381 e. The number of aromatic nitrogens is 2. The highest BCUT2D eigenvalue weighted by molar-refractivity contribution is 6.02. The zero-order valence-corrected chi connectivity index (χ0v) is 18.9. The van der Waals surface area contributed by atoms with Gasteiger partial charge in [-0.3, -0.25) is 25.1 Å². The number of hydrogen-bond acceptors (Lipinski definition) is 7. The number of rotatable bonds is 4. The number of aliphatic imine (C=N–C) groups is 1. The molecule has 172 valence electrons. The summed E-state index contributed by atoms with van der Waals surface area (Å²) < 4.78 is 5.49. The van der Waals surface area contributed by atoms with Crippen LogP contribution in [0.3, 0.4) is 0 Å². The van der Waals surface area contributed by atoms with Crippen molar-refractivity contribution in [3.8, 4) is 0 Å². The minimum absolute atomic E-state index is 0.0698. The molecule has 1 N–H and O–H groups in total. The van der Waals surface area contributed by atoms with E-state index in [2.05, 4.69) is 50.3 Å². The molecule has 4 aliphatic rings. The van der Waals surface area contributed by atoms with Crippen LogP contribution in [-0.2, 0) is 11.3 Å². The number of carbonyl (C=O) groups is 1. The standard InChI is InChI=1S/C24H29N7O2/c1-16-11-29(12-17-2-3-20-21(10-17)26-7-6-25-20)13-19(16)23-27-22-14-30(15-31(22)24(32)28-23)18-4-8-33-9-5-18/h2-3,6-7,10,14,16,18-19H,4-5,8-9,11-13,15H2,1H3,(H,27,28,32). The van der Waals surface area contributed by atoms with Gasteiger partial charge in [0.25, 0.3) is 0 Å². The largest absolute Gasteiger partial charge is 0.381 e. The molecule has 2 atom stereocenters. The lowest BCUT2D eigenvalue weighted by molar-refractivity contribution is 0.0459. The van der Waals surface area contributed by atoms with E-state index in [1.807, 2.05) is 6.07 Å². The van der Waals surface area contributed by atoms with Crippen LogP contribution < -0.4 is 5.32 Å². The average Bonchev–Trinajstić information content (AvgIpc) is 3.43. The van der Waals surface area contributed by atoms with Crippen LogP contribution in [0.1, 0.15) is 25.3 Å². The van der Waals surface area contributed by atoms with Crippen molar-refractivity contribution in [1.82, 2.24) is 30.0 Å². The summed E-state index contributed by atoms with van der Waals surface area (Å²) in [6.45, 7) is 7.06. The first-order chi connectivity index (χ1) is 16.1. The Morgan fingerprint density at radius 2 is 1.94 bits per heavy atom. The number of fused-ring (bicyclic) bond motifs is 2. The number of urea groups is 1. The molecule has 4 aliphatic heterocycles. The first kappa shape index (κ1) is 20.6. The van der Waals surface area contributed by atoms with Gasteiger partial charge in [-0.25, -0.2) is 9.79 Å². The summed E-state index contributed by atoms with van der Waals surface area (Å²) in [7, 11) is 0. The van der Waals surface area contributed by atoms with Crippen LogP contribution in [0.4, 0.5) is 4.79 Å². The van der Waals surface area contributed by atoms with E-state index in [4.69, 9.17) is 9.73 Å². The summed E-state index contributed by atoms with van der Waals surface area (Å²) >= 11 is 0. The Morgan fingerprint density at radius 3 is 2.79 bits per heavy atom. The highest BCUT2D eigenvalue weighted by Gasteiger charge is 2.40. The number of likely N-dealkylation sites (tertiary alicyclic amines) is 1. The Hall–Kier alpha value is -3.04. The first-order valence-electron chi connectivity index (χ1n) is 11.8. The number of amides is 2. The van der Waals surface area contributed by atoms with E-state index in [1.165, 1.54) is 5.56 Å². The SMILES string of the molecule is CC1CN(Cc2ccc3nccnc3c2)CC1C1=NC2=CN(C3CCOCC3)CN2C(=O)N1. The molecule has 5 heterocycles. The van der Waals surface area contributed by atoms with Crippen LogP contribution in [0.2, 0.25) is 0 Å². The van der Waals surface area contributed by atoms with Crippen molar-refractivity contribution in [2.24, 2.45) is 16.8 Å². The molecule has 2 amide bonds. The molecule has 0 radical (unpaired) electrons. The van der Waals surface area contributed by atoms with Crippen LogP contribution in [0, 0.1) is 11.8 Å². The van der Waals surface area contributed by atoms with Gasteiger partial charge in [0.1, 0.15) is 12.5 Å². The average molecular weight is 448 g/mol. The number of benzene rings is 1. The number of carbonyl (C=O) groups excluding carboxylic acids is 1. The second-order valence-corrected chi connectivity index (χ2v) is 9.50. The molecule has 0 saturated carbocycles. The molecule has 2 aromatic rings. The third-order valence-corrected chi connectivity index (χ3v) is 7.22. The van der Waals surface area contributed by atoms with E-state index in [9.17, 15) is 4.79 Å². The maximum absolute atomic E-state index is 12.9. The van der Waals surface area contributed by atoms with E-state index in [0.717, 1.165) is 68.4 Å². The van der Waals surface area contributed by atoms with Gasteiger partial charge in [-0.2, -0.15) is 0 Å². The summed E-state index contributed by atoms with van der Waals surface area (Å²) in [4.78, 5) is 33.0. The van der Waals surface area contributed by atoms with E-state index in [1.54, 1.807) is 17.3 Å². The topological polar surface area (TPSA) is 86.2 Å². The Kier molecular flexibility index (Phi) is 5.22. The van der Waals surface area contributed by atoms with E-state index in [0.29, 0.717) is 18.6 Å². The van der Waals surface area contributed by atoms with Crippen molar-refractivity contribution in [3.63, 3.8) is 0 Å². The van der Waals surface area contributed by atoms with Gasteiger partial charge in [0, 0.05) is 63.4 Å². The smallest absolute Gasteiger partial charge is 0.329 e. The van der Waals surface area contributed by atoms with Crippen molar-refractivity contribution >= 4 is 22.9 Å². The van der Waals surface area contributed by atoms with Crippen LogP contribution in [-0.4, -0.2) is 75.5 Å². The van der Waals surface area contributed by atoms with E-state index < -0.39 is 0 Å². The lowest BCUT2D eigenvalue weighted by atomic mass is 9.96. The second kappa shape index (κ2) is 8.39. The number of nitrogens with one attached hydrogen (secondary N) is 1. The van der Waals surface area contributed by atoms with Gasteiger partial charge in [-0.15, -0.1) is 0 Å². The zero-order valence-electron chi connectivity index (χ0n) is 18.9. The fourth-order valence-electron chi connectivity index (χ4n) is 5.41. The Labute approximate surface area is 193 Å². The molecule has 0 spiro atoms. The summed E-state index contributed by atoms with van der Waals surface area (Å²) in [5.41, 5.74) is 3.06. The first-order valence-corrected chi connectivity index (χ1v) is 11.8. The normalized spacial score (nSPS) is 26.4. The van der Waals surface area contributed by atoms with Crippen LogP contribution in [0.15, 0.2) is 47.6 Å². The zero-order chi connectivity index (χ0) is 22.4.